The van der Waals surface area contributed by atoms with Crippen LogP contribution < -0.4 is 14.2 Å². The molecule has 1 fully saturated rings. The second-order valence-electron chi connectivity index (χ2n) is 8.19. The third-order valence-corrected chi connectivity index (χ3v) is 5.48. The van der Waals surface area contributed by atoms with Gasteiger partial charge in [-0.2, -0.15) is 0 Å². The Morgan fingerprint density at radius 2 is 1.78 bits per heavy atom. The molecule has 4 rings (SSSR count). The average Bonchev–Trinajstić information content (AvgIpc) is 2.88. The Morgan fingerprint density at radius 1 is 1.03 bits per heavy atom. The zero-order valence-corrected chi connectivity index (χ0v) is 19.4. The van der Waals surface area contributed by atoms with Gasteiger partial charge in [-0.25, -0.2) is 14.0 Å². The van der Waals surface area contributed by atoms with Crippen LogP contribution in [0.1, 0.15) is 24.0 Å². The zero-order chi connectivity index (χ0) is 25.3. The highest BCUT2D eigenvalue weighted by Gasteiger charge is 2.25. The number of carbonyl (C=O) groups excluding carboxylic acids is 1. The fraction of sp³-hybridized carbons (Fsp3) is 0.222. The zero-order valence-electron chi connectivity index (χ0n) is 19.4. The first-order chi connectivity index (χ1) is 17.4. The molecule has 36 heavy (non-hydrogen) atoms. The number of rotatable bonds is 8. The van der Waals surface area contributed by atoms with Gasteiger partial charge in [-0.1, -0.05) is 12.1 Å². The largest absolute Gasteiger partial charge is 0.490 e. The molecule has 1 amide bonds. The lowest BCUT2D eigenvalue weighted by Crippen LogP contribution is -2.43. The molecule has 2 heterocycles. The van der Waals surface area contributed by atoms with Crippen LogP contribution in [0.2, 0.25) is 0 Å². The Kier molecular flexibility index (Phi) is 8.12. The maximum absolute atomic E-state index is 13.3. The molecule has 9 heteroatoms. The number of aromatic nitrogens is 1. The van der Waals surface area contributed by atoms with Crippen molar-refractivity contribution in [2.24, 2.45) is 0 Å². The molecular weight excluding hydrogens is 467 g/mol. The number of benzene rings is 2. The van der Waals surface area contributed by atoms with Crippen molar-refractivity contribution < 1.29 is 33.3 Å². The SMILES string of the molecule is O=C(O)C=Cc1cncc(OC(=O)N2CCC(Oc3ccc(OCc4cccc(F)c4)cc3)CC2)c1. The Bertz CT molecular complexity index is 1220. The molecule has 2 aromatic carbocycles. The molecule has 0 aliphatic carbocycles. The first-order valence-corrected chi connectivity index (χ1v) is 11.4. The van der Waals surface area contributed by atoms with Crippen molar-refractivity contribution in [1.29, 1.82) is 0 Å². The Labute approximate surface area is 207 Å². The van der Waals surface area contributed by atoms with E-state index in [-0.39, 0.29) is 24.3 Å². The summed E-state index contributed by atoms with van der Waals surface area (Å²) in [4.78, 5) is 28.7. The quantitative estimate of drug-likeness (QED) is 0.445. The summed E-state index contributed by atoms with van der Waals surface area (Å²) in [6.07, 6.45) is 5.99. The van der Waals surface area contributed by atoms with Crippen molar-refractivity contribution in [3.05, 3.63) is 90.0 Å². The van der Waals surface area contributed by atoms with Gasteiger partial charge in [0.1, 0.15) is 30.0 Å². The topological polar surface area (TPSA) is 98.2 Å². The summed E-state index contributed by atoms with van der Waals surface area (Å²) < 4.78 is 30.4. The fourth-order valence-corrected chi connectivity index (χ4v) is 3.67. The van der Waals surface area contributed by atoms with Gasteiger partial charge in [0.2, 0.25) is 0 Å². The monoisotopic (exact) mass is 492 g/mol. The van der Waals surface area contributed by atoms with Crippen LogP contribution in [0.25, 0.3) is 6.08 Å². The van der Waals surface area contributed by atoms with Crippen molar-refractivity contribution in [2.45, 2.75) is 25.6 Å². The predicted octanol–water partition coefficient (Wildman–Crippen LogP) is 4.94. The molecule has 0 saturated carbocycles. The summed E-state index contributed by atoms with van der Waals surface area (Å²) in [5.41, 5.74) is 1.26. The Hall–Kier alpha value is -4.40. The maximum atomic E-state index is 13.3. The number of piperidine rings is 1. The van der Waals surface area contributed by atoms with Crippen LogP contribution in [0.15, 0.2) is 73.1 Å². The summed E-state index contributed by atoms with van der Waals surface area (Å²) in [6, 6.07) is 15.1. The molecule has 1 aromatic heterocycles. The maximum Gasteiger partial charge on any atom is 0.415 e. The minimum atomic E-state index is -1.08. The summed E-state index contributed by atoms with van der Waals surface area (Å²) >= 11 is 0. The molecular formula is C27H25FN2O6. The van der Waals surface area contributed by atoms with Gasteiger partial charge in [0, 0.05) is 38.2 Å². The number of pyridine rings is 1. The van der Waals surface area contributed by atoms with Crippen molar-refractivity contribution in [3.8, 4) is 17.2 Å². The molecule has 3 aromatic rings. The van der Waals surface area contributed by atoms with Crippen LogP contribution in [0.3, 0.4) is 0 Å². The van der Waals surface area contributed by atoms with E-state index in [1.165, 1.54) is 30.6 Å². The molecule has 1 aliphatic rings. The number of amides is 1. The average molecular weight is 493 g/mol. The number of carbonyl (C=O) groups is 2. The van der Waals surface area contributed by atoms with E-state index in [0.717, 1.165) is 11.6 Å². The number of halogens is 1. The number of nitrogens with zero attached hydrogens (tertiary/aromatic N) is 2. The Morgan fingerprint density at radius 3 is 2.50 bits per heavy atom. The smallest absolute Gasteiger partial charge is 0.415 e. The standard InChI is InChI=1S/C27H25FN2O6/c28-21-3-1-2-20(14-21)18-34-22-5-7-23(8-6-22)35-24-10-12-30(13-11-24)27(33)36-25-15-19(16-29-17-25)4-9-26(31)32/h1-9,14-17,24H,10-13,18H2,(H,31,32). The third-order valence-electron chi connectivity index (χ3n) is 5.48. The number of aliphatic carboxylic acids is 1. The highest BCUT2D eigenvalue weighted by molar-refractivity contribution is 5.85. The van der Waals surface area contributed by atoms with Gasteiger partial charge in [0.25, 0.3) is 0 Å². The molecule has 186 valence electrons. The fourth-order valence-electron chi connectivity index (χ4n) is 3.67. The highest BCUT2D eigenvalue weighted by atomic mass is 19.1. The highest BCUT2D eigenvalue weighted by Crippen LogP contribution is 2.23. The molecule has 1 saturated heterocycles. The summed E-state index contributed by atoms with van der Waals surface area (Å²) in [7, 11) is 0. The summed E-state index contributed by atoms with van der Waals surface area (Å²) in [5, 5.41) is 8.73. The minimum Gasteiger partial charge on any atom is -0.490 e. The van der Waals surface area contributed by atoms with Gasteiger partial charge in [-0.3, -0.25) is 4.98 Å². The van der Waals surface area contributed by atoms with Crippen LogP contribution in [0.4, 0.5) is 9.18 Å². The molecule has 1 N–H and O–H groups in total. The van der Waals surface area contributed by atoms with Crippen LogP contribution >= 0.6 is 0 Å². The van der Waals surface area contributed by atoms with Crippen LogP contribution in [0, 0.1) is 5.82 Å². The van der Waals surface area contributed by atoms with Gasteiger partial charge < -0.3 is 24.2 Å². The lowest BCUT2D eigenvalue weighted by Gasteiger charge is -2.31. The molecule has 0 bridgehead atoms. The molecule has 0 spiro atoms. The summed E-state index contributed by atoms with van der Waals surface area (Å²) in [6.45, 7) is 1.22. The number of carboxylic acid groups (broad SMARTS) is 1. The molecule has 0 radical (unpaired) electrons. The predicted molar refractivity (Wildman–Crippen MR) is 129 cm³/mol. The molecule has 1 aliphatic heterocycles. The normalized spacial score (nSPS) is 14.0. The summed E-state index contributed by atoms with van der Waals surface area (Å²) in [5.74, 6) is 0.224. The molecule has 8 nitrogen and oxygen atoms in total. The van der Waals surface area contributed by atoms with E-state index in [9.17, 15) is 14.0 Å². The Balaban J connectivity index is 1.22. The van der Waals surface area contributed by atoms with Crippen molar-refractivity contribution in [1.82, 2.24) is 9.88 Å². The molecule has 0 atom stereocenters. The van der Waals surface area contributed by atoms with E-state index in [4.69, 9.17) is 19.3 Å². The second kappa shape index (κ2) is 11.8. The van der Waals surface area contributed by atoms with Crippen LogP contribution in [-0.4, -0.2) is 46.2 Å². The first-order valence-electron chi connectivity index (χ1n) is 11.4. The van der Waals surface area contributed by atoms with E-state index in [1.54, 1.807) is 35.2 Å². The molecule has 0 unspecified atom stereocenters. The van der Waals surface area contributed by atoms with Crippen LogP contribution in [0.5, 0.6) is 17.2 Å². The van der Waals surface area contributed by atoms with E-state index in [2.05, 4.69) is 4.98 Å². The van der Waals surface area contributed by atoms with Crippen molar-refractivity contribution >= 4 is 18.1 Å². The second-order valence-corrected chi connectivity index (χ2v) is 8.19. The van der Waals surface area contributed by atoms with Crippen molar-refractivity contribution in [2.75, 3.05) is 13.1 Å². The van der Waals surface area contributed by atoms with E-state index >= 15 is 0 Å². The minimum absolute atomic E-state index is 0.0423. The van der Waals surface area contributed by atoms with E-state index in [0.29, 0.717) is 43.0 Å². The van der Waals surface area contributed by atoms with E-state index in [1.807, 2.05) is 12.1 Å². The lowest BCUT2D eigenvalue weighted by atomic mass is 10.1. The lowest BCUT2D eigenvalue weighted by molar-refractivity contribution is -0.131. The van der Waals surface area contributed by atoms with Gasteiger partial charge in [0.05, 0.1) is 6.20 Å². The van der Waals surface area contributed by atoms with Crippen molar-refractivity contribution in [3.63, 3.8) is 0 Å². The van der Waals surface area contributed by atoms with Crippen LogP contribution in [-0.2, 0) is 11.4 Å². The number of likely N-dealkylation sites (tertiary alicyclic amines) is 1. The van der Waals surface area contributed by atoms with Gasteiger partial charge in [-0.05, 0) is 59.7 Å². The van der Waals surface area contributed by atoms with Gasteiger partial charge in [0.15, 0.2) is 5.75 Å². The van der Waals surface area contributed by atoms with Gasteiger partial charge >= 0.3 is 12.1 Å². The first kappa shape index (κ1) is 24.7. The number of hydrogen-bond acceptors (Lipinski definition) is 6. The number of hydrogen-bond donors (Lipinski definition) is 1. The number of carboxylic acids is 1. The third kappa shape index (κ3) is 7.30. The number of ether oxygens (including phenoxy) is 3. The van der Waals surface area contributed by atoms with E-state index < -0.39 is 12.1 Å². The van der Waals surface area contributed by atoms with Gasteiger partial charge in [-0.15, -0.1) is 0 Å².